The van der Waals surface area contributed by atoms with Crippen LogP contribution in [0.1, 0.15) is 35.2 Å². The smallest absolute Gasteiger partial charge is 0.251 e. The van der Waals surface area contributed by atoms with Gasteiger partial charge in [-0.05, 0) is 29.8 Å². The quantitative estimate of drug-likeness (QED) is 0.684. The lowest BCUT2D eigenvalue weighted by Crippen LogP contribution is -2.33. The van der Waals surface area contributed by atoms with Crippen molar-refractivity contribution in [3.05, 3.63) is 65.7 Å². The Balaban J connectivity index is 1.84. The highest BCUT2D eigenvalue weighted by atomic mass is 16.2. The molecule has 0 heterocycles. The SMILES string of the molecule is CNC(=O)c1ccc(CNC(=O)CCC(=O)N(CCC#N)c2ccccc2)cc1. The second-order valence-corrected chi connectivity index (χ2v) is 6.34. The second-order valence-electron chi connectivity index (χ2n) is 6.34. The molecule has 0 saturated heterocycles. The minimum absolute atomic E-state index is 0.0573. The minimum atomic E-state index is -0.234. The highest BCUT2D eigenvalue weighted by molar-refractivity contribution is 5.95. The van der Waals surface area contributed by atoms with Crippen LogP contribution in [0.25, 0.3) is 0 Å². The summed E-state index contributed by atoms with van der Waals surface area (Å²) >= 11 is 0. The predicted molar refractivity (Wildman–Crippen MR) is 110 cm³/mol. The maximum atomic E-state index is 12.6. The fourth-order valence-electron chi connectivity index (χ4n) is 2.73. The molecule has 150 valence electrons. The van der Waals surface area contributed by atoms with Gasteiger partial charge < -0.3 is 15.5 Å². The van der Waals surface area contributed by atoms with E-state index in [0.717, 1.165) is 5.56 Å². The Hall–Kier alpha value is -3.66. The first kappa shape index (κ1) is 21.6. The molecule has 7 heteroatoms. The van der Waals surface area contributed by atoms with Gasteiger partial charge >= 0.3 is 0 Å². The number of carbonyl (C=O) groups excluding carboxylic acids is 3. The van der Waals surface area contributed by atoms with E-state index in [1.807, 2.05) is 24.3 Å². The zero-order valence-electron chi connectivity index (χ0n) is 16.4. The van der Waals surface area contributed by atoms with Crippen molar-refractivity contribution in [3.8, 4) is 6.07 Å². The van der Waals surface area contributed by atoms with E-state index in [9.17, 15) is 14.4 Å². The largest absolute Gasteiger partial charge is 0.355 e. The summed E-state index contributed by atoms with van der Waals surface area (Å²) in [4.78, 5) is 37.7. The first-order chi connectivity index (χ1) is 14.0. The van der Waals surface area contributed by atoms with Crippen LogP contribution in [-0.2, 0) is 16.1 Å². The van der Waals surface area contributed by atoms with Gasteiger partial charge in [-0.1, -0.05) is 30.3 Å². The molecule has 0 unspecified atom stereocenters. The van der Waals surface area contributed by atoms with Gasteiger partial charge in [0.25, 0.3) is 5.91 Å². The van der Waals surface area contributed by atoms with Crippen molar-refractivity contribution in [2.24, 2.45) is 0 Å². The molecule has 7 nitrogen and oxygen atoms in total. The molecule has 0 aliphatic rings. The normalized spacial score (nSPS) is 9.93. The molecule has 3 amide bonds. The maximum Gasteiger partial charge on any atom is 0.251 e. The molecule has 0 aliphatic carbocycles. The third-order valence-corrected chi connectivity index (χ3v) is 4.31. The van der Waals surface area contributed by atoms with Crippen molar-refractivity contribution in [3.63, 3.8) is 0 Å². The molecular weight excluding hydrogens is 368 g/mol. The molecule has 0 aromatic heterocycles. The first-order valence-corrected chi connectivity index (χ1v) is 9.35. The zero-order chi connectivity index (χ0) is 21.1. The second kappa shape index (κ2) is 11.2. The summed E-state index contributed by atoms with van der Waals surface area (Å²) in [7, 11) is 1.57. The molecular formula is C22H24N4O3. The summed E-state index contributed by atoms with van der Waals surface area (Å²) in [6, 6.07) is 18.1. The van der Waals surface area contributed by atoms with Gasteiger partial charge in [0.2, 0.25) is 11.8 Å². The Morgan fingerprint density at radius 1 is 1.00 bits per heavy atom. The molecule has 29 heavy (non-hydrogen) atoms. The van der Waals surface area contributed by atoms with Crippen LogP contribution in [0.4, 0.5) is 5.69 Å². The van der Waals surface area contributed by atoms with E-state index < -0.39 is 0 Å². The number of hydrogen-bond acceptors (Lipinski definition) is 4. The molecule has 0 spiro atoms. The number of carbonyl (C=O) groups is 3. The Morgan fingerprint density at radius 3 is 2.31 bits per heavy atom. The van der Waals surface area contributed by atoms with Gasteiger partial charge in [0, 0.05) is 44.2 Å². The Labute approximate surface area is 170 Å². The van der Waals surface area contributed by atoms with E-state index in [1.54, 1.807) is 43.4 Å². The van der Waals surface area contributed by atoms with Gasteiger partial charge in [-0.2, -0.15) is 5.26 Å². The highest BCUT2D eigenvalue weighted by Gasteiger charge is 2.16. The van der Waals surface area contributed by atoms with Gasteiger partial charge in [-0.25, -0.2) is 0 Å². The van der Waals surface area contributed by atoms with Crippen molar-refractivity contribution in [1.82, 2.24) is 10.6 Å². The van der Waals surface area contributed by atoms with Crippen LogP contribution in [0.15, 0.2) is 54.6 Å². The van der Waals surface area contributed by atoms with Crippen molar-refractivity contribution < 1.29 is 14.4 Å². The van der Waals surface area contributed by atoms with Gasteiger partial charge in [0.05, 0.1) is 12.5 Å². The number of nitrogens with one attached hydrogen (secondary N) is 2. The van der Waals surface area contributed by atoms with Gasteiger partial charge in [0.15, 0.2) is 0 Å². The lowest BCUT2D eigenvalue weighted by molar-refractivity contribution is -0.125. The Kier molecular flexibility index (Phi) is 8.39. The zero-order valence-corrected chi connectivity index (χ0v) is 16.4. The minimum Gasteiger partial charge on any atom is -0.355 e. The molecule has 0 aliphatic heterocycles. The van der Waals surface area contributed by atoms with E-state index in [4.69, 9.17) is 5.26 Å². The number of nitriles is 1. The van der Waals surface area contributed by atoms with Crippen LogP contribution >= 0.6 is 0 Å². The molecule has 2 aromatic carbocycles. The van der Waals surface area contributed by atoms with E-state index in [0.29, 0.717) is 24.3 Å². The lowest BCUT2D eigenvalue weighted by atomic mass is 10.1. The third kappa shape index (κ3) is 6.78. The van der Waals surface area contributed by atoms with Crippen molar-refractivity contribution >= 4 is 23.4 Å². The van der Waals surface area contributed by atoms with E-state index >= 15 is 0 Å². The summed E-state index contributed by atoms with van der Waals surface area (Å²) < 4.78 is 0. The fraction of sp³-hybridized carbons (Fsp3) is 0.273. The van der Waals surface area contributed by atoms with Gasteiger partial charge in [-0.15, -0.1) is 0 Å². The molecule has 0 saturated carbocycles. The Morgan fingerprint density at radius 2 is 1.69 bits per heavy atom. The first-order valence-electron chi connectivity index (χ1n) is 9.35. The topological polar surface area (TPSA) is 102 Å². The van der Waals surface area contributed by atoms with Crippen LogP contribution < -0.4 is 15.5 Å². The fourth-order valence-corrected chi connectivity index (χ4v) is 2.73. The number of nitrogens with zero attached hydrogens (tertiary/aromatic N) is 2. The monoisotopic (exact) mass is 392 g/mol. The molecule has 2 rings (SSSR count). The lowest BCUT2D eigenvalue weighted by Gasteiger charge is -2.21. The standard InChI is InChI=1S/C22H24N4O3/c1-24-22(29)18-10-8-17(9-11-18)16-25-20(27)12-13-21(28)26(15-5-14-23)19-6-3-2-4-7-19/h2-4,6-11H,5,12-13,15-16H2,1H3,(H,24,29)(H,25,27). The van der Waals surface area contributed by atoms with Crippen LogP contribution in [0.5, 0.6) is 0 Å². The summed E-state index contributed by atoms with van der Waals surface area (Å²) in [6.07, 6.45) is 0.339. The van der Waals surface area contributed by atoms with Gasteiger partial charge in [0.1, 0.15) is 0 Å². The molecule has 2 aromatic rings. The van der Waals surface area contributed by atoms with Crippen LogP contribution in [0.2, 0.25) is 0 Å². The third-order valence-electron chi connectivity index (χ3n) is 4.31. The number of amides is 3. The van der Waals surface area contributed by atoms with Crippen LogP contribution in [0, 0.1) is 11.3 Å². The van der Waals surface area contributed by atoms with E-state index in [2.05, 4.69) is 10.6 Å². The molecule has 0 bridgehead atoms. The average molecular weight is 392 g/mol. The molecule has 2 N–H and O–H groups in total. The summed E-state index contributed by atoms with van der Waals surface area (Å²) in [6.45, 7) is 0.608. The van der Waals surface area contributed by atoms with Crippen LogP contribution in [-0.4, -0.2) is 31.3 Å². The number of rotatable bonds is 9. The average Bonchev–Trinajstić information content (AvgIpc) is 2.77. The van der Waals surface area contributed by atoms with E-state index in [1.165, 1.54) is 4.90 Å². The maximum absolute atomic E-state index is 12.6. The van der Waals surface area contributed by atoms with Crippen molar-refractivity contribution in [1.29, 1.82) is 5.26 Å². The number of benzene rings is 2. The molecule has 0 radical (unpaired) electrons. The number of anilines is 1. The van der Waals surface area contributed by atoms with E-state index in [-0.39, 0.29) is 37.0 Å². The molecule has 0 fully saturated rings. The predicted octanol–water partition coefficient (Wildman–Crippen LogP) is 2.39. The summed E-state index contributed by atoms with van der Waals surface area (Å²) in [5, 5.41) is 14.2. The summed E-state index contributed by atoms with van der Waals surface area (Å²) in [5.74, 6) is -0.600. The summed E-state index contributed by atoms with van der Waals surface area (Å²) in [5.41, 5.74) is 2.12. The number of para-hydroxylation sites is 1. The van der Waals surface area contributed by atoms with Crippen molar-refractivity contribution in [2.45, 2.75) is 25.8 Å². The van der Waals surface area contributed by atoms with Crippen molar-refractivity contribution in [2.75, 3.05) is 18.5 Å². The highest BCUT2D eigenvalue weighted by Crippen LogP contribution is 2.15. The van der Waals surface area contributed by atoms with Gasteiger partial charge in [-0.3, -0.25) is 14.4 Å². The number of hydrogen-bond donors (Lipinski definition) is 2. The Bertz CT molecular complexity index is 873. The molecule has 0 atom stereocenters. The van der Waals surface area contributed by atoms with Crippen LogP contribution in [0.3, 0.4) is 0 Å².